The van der Waals surface area contributed by atoms with Gasteiger partial charge in [-0.3, -0.25) is 4.79 Å². The molecule has 1 heterocycles. The standard InChI is InChI=1S/C18H16F3N5O/c19-18(20,21)15-8-4-7-14(11-15)17-23-25-26(24-17)12-16(27)22-10-9-13-5-2-1-3-6-13/h1-8,11H,9-10,12H2,(H,22,27). The summed E-state index contributed by atoms with van der Waals surface area (Å²) in [5, 5.41) is 14.2. The van der Waals surface area contributed by atoms with E-state index in [1.165, 1.54) is 12.1 Å². The van der Waals surface area contributed by atoms with Gasteiger partial charge in [0.05, 0.1) is 5.56 Å². The summed E-state index contributed by atoms with van der Waals surface area (Å²) in [6.07, 6.45) is -3.77. The summed E-state index contributed by atoms with van der Waals surface area (Å²) in [4.78, 5) is 13.0. The van der Waals surface area contributed by atoms with Crippen LogP contribution in [0.15, 0.2) is 54.6 Å². The lowest BCUT2D eigenvalue weighted by Crippen LogP contribution is -2.30. The molecular formula is C18H16F3N5O. The molecule has 0 aliphatic carbocycles. The van der Waals surface area contributed by atoms with Crippen molar-refractivity contribution in [2.45, 2.75) is 19.1 Å². The SMILES string of the molecule is O=C(Cn1nnc(-c2cccc(C(F)(F)F)c2)n1)NCCc1ccccc1. The zero-order valence-electron chi connectivity index (χ0n) is 14.1. The van der Waals surface area contributed by atoms with E-state index >= 15 is 0 Å². The lowest BCUT2D eigenvalue weighted by atomic mass is 10.1. The van der Waals surface area contributed by atoms with Crippen molar-refractivity contribution >= 4 is 5.91 Å². The lowest BCUT2D eigenvalue weighted by molar-refractivity contribution is -0.137. The lowest BCUT2D eigenvalue weighted by Gasteiger charge is -2.06. The second-order valence-electron chi connectivity index (χ2n) is 5.81. The Bertz CT molecular complexity index is 909. The molecule has 0 aliphatic rings. The highest BCUT2D eigenvalue weighted by molar-refractivity contribution is 5.75. The maximum absolute atomic E-state index is 12.8. The third kappa shape index (κ3) is 5.13. The average molecular weight is 375 g/mol. The van der Waals surface area contributed by atoms with E-state index in [2.05, 4.69) is 20.7 Å². The predicted octanol–water partition coefficient (Wildman–Crippen LogP) is 2.72. The fourth-order valence-corrected chi connectivity index (χ4v) is 2.44. The Balaban J connectivity index is 1.57. The molecule has 27 heavy (non-hydrogen) atoms. The van der Waals surface area contributed by atoms with Gasteiger partial charge < -0.3 is 5.32 Å². The minimum atomic E-state index is -4.45. The van der Waals surface area contributed by atoms with E-state index in [-0.39, 0.29) is 23.8 Å². The summed E-state index contributed by atoms with van der Waals surface area (Å²) in [5.41, 5.74) is 0.485. The first-order valence-corrected chi connectivity index (χ1v) is 8.18. The fraction of sp³-hybridized carbons (Fsp3) is 0.222. The van der Waals surface area contributed by atoms with Crippen molar-refractivity contribution in [3.63, 3.8) is 0 Å². The number of aromatic nitrogens is 4. The highest BCUT2D eigenvalue weighted by Gasteiger charge is 2.30. The van der Waals surface area contributed by atoms with Crippen LogP contribution in [0.5, 0.6) is 0 Å². The maximum Gasteiger partial charge on any atom is 0.416 e. The Morgan fingerprint density at radius 2 is 1.85 bits per heavy atom. The molecule has 0 radical (unpaired) electrons. The molecule has 3 rings (SSSR count). The highest BCUT2D eigenvalue weighted by Crippen LogP contribution is 2.31. The van der Waals surface area contributed by atoms with Gasteiger partial charge in [0.15, 0.2) is 0 Å². The van der Waals surface area contributed by atoms with Crippen LogP contribution in [0.4, 0.5) is 13.2 Å². The van der Waals surface area contributed by atoms with E-state index in [9.17, 15) is 18.0 Å². The predicted molar refractivity (Wildman–Crippen MR) is 91.4 cm³/mol. The molecule has 2 aromatic carbocycles. The summed E-state index contributed by atoms with van der Waals surface area (Å²) in [7, 11) is 0. The van der Waals surface area contributed by atoms with Crippen molar-refractivity contribution in [2.24, 2.45) is 0 Å². The van der Waals surface area contributed by atoms with Gasteiger partial charge in [0.25, 0.3) is 0 Å². The third-order valence-electron chi connectivity index (χ3n) is 3.76. The summed E-state index contributed by atoms with van der Waals surface area (Å²) >= 11 is 0. The Hall–Kier alpha value is -3.23. The van der Waals surface area contributed by atoms with Crippen LogP contribution in [-0.2, 0) is 23.9 Å². The zero-order chi connectivity index (χ0) is 19.3. The van der Waals surface area contributed by atoms with Crippen LogP contribution in [0, 0.1) is 0 Å². The monoisotopic (exact) mass is 375 g/mol. The number of nitrogens with zero attached hydrogens (tertiary/aromatic N) is 4. The molecule has 6 nitrogen and oxygen atoms in total. The van der Waals surface area contributed by atoms with Crippen LogP contribution < -0.4 is 5.32 Å². The average Bonchev–Trinajstić information content (AvgIpc) is 3.10. The molecule has 3 aromatic rings. The molecule has 0 fully saturated rings. The van der Waals surface area contributed by atoms with E-state index in [1.807, 2.05) is 30.3 Å². The number of alkyl halides is 3. The van der Waals surface area contributed by atoms with Gasteiger partial charge >= 0.3 is 6.18 Å². The van der Waals surface area contributed by atoms with Crippen molar-refractivity contribution in [1.82, 2.24) is 25.5 Å². The van der Waals surface area contributed by atoms with Gasteiger partial charge in [0.1, 0.15) is 6.54 Å². The van der Waals surface area contributed by atoms with E-state index < -0.39 is 11.7 Å². The fourth-order valence-electron chi connectivity index (χ4n) is 2.44. The van der Waals surface area contributed by atoms with Gasteiger partial charge in [-0.2, -0.15) is 18.0 Å². The van der Waals surface area contributed by atoms with Gasteiger partial charge in [-0.1, -0.05) is 42.5 Å². The molecule has 0 spiro atoms. The summed E-state index contributed by atoms with van der Waals surface area (Å²) in [6.45, 7) is 0.290. The molecule has 0 atom stereocenters. The molecular weight excluding hydrogens is 359 g/mol. The molecule has 1 N–H and O–H groups in total. The number of carbonyl (C=O) groups is 1. The van der Waals surface area contributed by atoms with Crippen LogP contribution in [0.2, 0.25) is 0 Å². The van der Waals surface area contributed by atoms with Crippen molar-refractivity contribution in [2.75, 3.05) is 6.54 Å². The molecule has 1 aromatic heterocycles. The Labute approximate surface area is 153 Å². The number of amides is 1. The molecule has 0 saturated heterocycles. The summed E-state index contributed by atoms with van der Waals surface area (Å²) in [6, 6.07) is 14.3. The normalized spacial score (nSPS) is 11.4. The van der Waals surface area contributed by atoms with Crippen molar-refractivity contribution in [3.05, 3.63) is 65.7 Å². The first kappa shape index (κ1) is 18.6. The molecule has 9 heteroatoms. The third-order valence-corrected chi connectivity index (χ3v) is 3.76. The van der Waals surface area contributed by atoms with Crippen LogP contribution in [-0.4, -0.2) is 32.7 Å². The van der Waals surface area contributed by atoms with Crippen molar-refractivity contribution < 1.29 is 18.0 Å². The van der Waals surface area contributed by atoms with Crippen LogP contribution in [0.25, 0.3) is 11.4 Å². The molecule has 0 saturated carbocycles. The Morgan fingerprint density at radius 1 is 1.07 bits per heavy atom. The van der Waals surface area contributed by atoms with Crippen molar-refractivity contribution in [1.29, 1.82) is 0 Å². The zero-order valence-corrected chi connectivity index (χ0v) is 14.1. The van der Waals surface area contributed by atoms with Crippen LogP contribution in [0.3, 0.4) is 0 Å². The van der Waals surface area contributed by atoms with Gasteiger partial charge in [-0.05, 0) is 29.3 Å². The maximum atomic E-state index is 12.8. The van der Waals surface area contributed by atoms with Gasteiger partial charge in [0.2, 0.25) is 11.7 Å². The number of carbonyl (C=O) groups excluding carboxylic acids is 1. The molecule has 0 aliphatic heterocycles. The molecule has 0 bridgehead atoms. The number of benzene rings is 2. The van der Waals surface area contributed by atoms with E-state index in [0.29, 0.717) is 13.0 Å². The minimum absolute atomic E-state index is 0.0261. The molecule has 1 amide bonds. The molecule has 140 valence electrons. The van der Waals surface area contributed by atoms with Gasteiger partial charge in [-0.25, -0.2) is 0 Å². The van der Waals surface area contributed by atoms with Crippen molar-refractivity contribution in [3.8, 4) is 11.4 Å². The number of halogens is 3. The number of nitrogens with one attached hydrogen (secondary N) is 1. The van der Waals surface area contributed by atoms with Crippen LogP contribution in [0.1, 0.15) is 11.1 Å². The molecule has 0 unspecified atom stereocenters. The summed E-state index contributed by atoms with van der Waals surface area (Å²) < 4.78 is 38.4. The second kappa shape index (κ2) is 7.98. The van der Waals surface area contributed by atoms with Crippen LogP contribution >= 0.6 is 0 Å². The number of hydrogen-bond acceptors (Lipinski definition) is 4. The van der Waals surface area contributed by atoms with E-state index in [0.717, 1.165) is 22.5 Å². The van der Waals surface area contributed by atoms with Gasteiger partial charge in [-0.15, -0.1) is 10.2 Å². The Kier molecular flexibility index (Phi) is 5.49. The van der Waals surface area contributed by atoms with E-state index in [4.69, 9.17) is 0 Å². The number of tetrazole rings is 1. The first-order chi connectivity index (χ1) is 12.9. The first-order valence-electron chi connectivity index (χ1n) is 8.18. The minimum Gasteiger partial charge on any atom is -0.354 e. The Morgan fingerprint density at radius 3 is 2.59 bits per heavy atom. The topological polar surface area (TPSA) is 72.7 Å². The quantitative estimate of drug-likeness (QED) is 0.719. The van der Waals surface area contributed by atoms with Gasteiger partial charge in [0, 0.05) is 12.1 Å². The summed E-state index contributed by atoms with van der Waals surface area (Å²) in [5.74, 6) is -0.280. The number of hydrogen-bond donors (Lipinski definition) is 1. The highest BCUT2D eigenvalue weighted by atomic mass is 19.4. The largest absolute Gasteiger partial charge is 0.416 e. The van der Waals surface area contributed by atoms with E-state index in [1.54, 1.807) is 0 Å². The smallest absolute Gasteiger partial charge is 0.354 e. The number of rotatable bonds is 6. The second-order valence-corrected chi connectivity index (χ2v) is 5.81.